The molecule has 0 spiro atoms. The molecule has 0 bridgehead atoms. The van der Waals surface area contributed by atoms with Gasteiger partial charge in [-0.15, -0.1) is 0 Å². The third-order valence-corrected chi connectivity index (χ3v) is 4.61. The van der Waals surface area contributed by atoms with Crippen LogP contribution in [0.4, 0.5) is 0 Å². The molecular weight excluding hydrogens is 234 g/mol. The van der Waals surface area contributed by atoms with E-state index in [1.807, 2.05) is 0 Å². The molecule has 3 nitrogen and oxygen atoms in total. The first kappa shape index (κ1) is 13.0. The molecule has 1 fully saturated rings. The summed E-state index contributed by atoms with van der Waals surface area (Å²) in [5.74, 6) is 1.84. The zero-order valence-corrected chi connectivity index (χ0v) is 12.4. The van der Waals surface area contributed by atoms with Gasteiger partial charge in [-0.1, -0.05) is 20.8 Å². The third kappa shape index (κ3) is 2.81. The lowest BCUT2D eigenvalue weighted by molar-refractivity contribution is 0.401. The van der Waals surface area contributed by atoms with E-state index in [-0.39, 0.29) is 0 Å². The summed E-state index contributed by atoms with van der Waals surface area (Å²) >= 11 is 0. The van der Waals surface area contributed by atoms with E-state index in [1.54, 1.807) is 0 Å². The highest BCUT2D eigenvalue weighted by Gasteiger charge is 2.42. The molecule has 1 heterocycles. The highest BCUT2D eigenvalue weighted by atomic mass is 14.9. The van der Waals surface area contributed by atoms with Crippen LogP contribution in [0.25, 0.3) is 0 Å². The molecule has 2 aliphatic rings. The number of nitrogens with one attached hydrogen (secondary N) is 1. The Bertz CT molecular complexity index is 463. The molecule has 3 heteroatoms. The Hall–Kier alpha value is -0.960. The van der Waals surface area contributed by atoms with Crippen LogP contribution in [0.15, 0.2) is 6.20 Å². The zero-order chi connectivity index (χ0) is 13.5. The van der Waals surface area contributed by atoms with Crippen molar-refractivity contribution >= 4 is 0 Å². The lowest BCUT2D eigenvalue weighted by atomic mass is 9.87. The van der Waals surface area contributed by atoms with Gasteiger partial charge in [0.15, 0.2) is 0 Å². The van der Waals surface area contributed by atoms with Crippen molar-refractivity contribution < 1.29 is 0 Å². The van der Waals surface area contributed by atoms with E-state index in [2.05, 4.69) is 37.3 Å². The Morgan fingerprint density at radius 2 is 2.21 bits per heavy atom. The van der Waals surface area contributed by atoms with Gasteiger partial charge in [0.2, 0.25) is 0 Å². The van der Waals surface area contributed by atoms with Gasteiger partial charge in [0, 0.05) is 23.3 Å². The Morgan fingerprint density at radius 3 is 2.89 bits per heavy atom. The summed E-state index contributed by atoms with van der Waals surface area (Å²) in [6.07, 6.45) is 8.15. The van der Waals surface area contributed by atoms with Gasteiger partial charge in [0.25, 0.3) is 0 Å². The van der Waals surface area contributed by atoms with Gasteiger partial charge in [0.05, 0.1) is 0 Å². The minimum Gasteiger partial charge on any atom is -0.314 e. The summed E-state index contributed by atoms with van der Waals surface area (Å²) in [5, 5.41) is 3.55. The second kappa shape index (κ2) is 4.86. The van der Waals surface area contributed by atoms with E-state index in [0.717, 1.165) is 31.1 Å². The normalized spacial score (nSPS) is 24.3. The number of nitrogens with zero attached hydrogens (tertiary/aromatic N) is 2. The van der Waals surface area contributed by atoms with Gasteiger partial charge in [-0.3, -0.25) is 0 Å². The van der Waals surface area contributed by atoms with E-state index < -0.39 is 0 Å². The second-order valence-electron chi connectivity index (χ2n) is 6.90. The molecule has 3 rings (SSSR count). The maximum absolute atomic E-state index is 4.85. The highest BCUT2D eigenvalue weighted by molar-refractivity contribution is 5.25. The van der Waals surface area contributed by atoms with Crippen molar-refractivity contribution in [2.24, 2.45) is 5.92 Å². The monoisotopic (exact) mass is 259 g/mol. The van der Waals surface area contributed by atoms with Crippen LogP contribution in [-0.2, 0) is 18.3 Å². The average Bonchev–Trinajstić information content (AvgIpc) is 3.15. The van der Waals surface area contributed by atoms with Crippen LogP contribution in [0.1, 0.15) is 57.1 Å². The van der Waals surface area contributed by atoms with Crippen LogP contribution >= 0.6 is 0 Å². The van der Waals surface area contributed by atoms with E-state index in [4.69, 9.17) is 4.98 Å². The molecule has 1 unspecified atom stereocenters. The number of fused-ring (bicyclic) bond motifs is 1. The predicted molar refractivity (Wildman–Crippen MR) is 77.3 cm³/mol. The molecule has 0 radical (unpaired) electrons. The summed E-state index contributed by atoms with van der Waals surface area (Å²) in [6.45, 7) is 7.83. The van der Waals surface area contributed by atoms with E-state index >= 15 is 0 Å². The quantitative estimate of drug-likeness (QED) is 0.903. The summed E-state index contributed by atoms with van der Waals surface area (Å²) in [5.41, 5.74) is 3.00. The van der Waals surface area contributed by atoms with Crippen LogP contribution in [0.3, 0.4) is 0 Å². The largest absolute Gasteiger partial charge is 0.314 e. The molecule has 1 aromatic rings. The molecule has 19 heavy (non-hydrogen) atoms. The molecule has 0 amide bonds. The number of aryl methyl sites for hydroxylation is 1. The lowest BCUT2D eigenvalue weighted by Gasteiger charge is -2.25. The van der Waals surface area contributed by atoms with Crippen LogP contribution in [0.2, 0.25) is 0 Å². The summed E-state index contributed by atoms with van der Waals surface area (Å²) < 4.78 is 0. The molecule has 1 saturated carbocycles. The Balaban J connectivity index is 1.69. The molecule has 1 atom stereocenters. The Labute approximate surface area is 116 Å². The Morgan fingerprint density at radius 1 is 1.42 bits per heavy atom. The van der Waals surface area contributed by atoms with E-state index in [1.165, 1.54) is 30.5 Å². The third-order valence-electron chi connectivity index (χ3n) is 4.61. The van der Waals surface area contributed by atoms with Crippen molar-refractivity contribution in [1.82, 2.24) is 15.3 Å². The van der Waals surface area contributed by atoms with E-state index in [0.29, 0.717) is 11.5 Å². The fourth-order valence-electron chi connectivity index (χ4n) is 2.86. The van der Waals surface area contributed by atoms with Gasteiger partial charge in [-0.2, -0.15) is 0 Å². The fourth-order valence-corrected chi connectivity index (χ4v) is 2.86. The minimum atomic E-state index is 0.297. The maximum Gasteiger partial charge on any atom is 0.134 e. The molecule has 0 aromatic carbocycles. The molecule has 2 aliphatic carbocycles. The molecule has 1 N–H and O–H groups in total. The highest BCUT2D eigenvalue weighted by Crippen LogP contribution is 2.46. The first-order chi connectivity index (χ1) is 9.07. The van der Waals surface area contributed by atoms with Crippen molar-refractivity contribution in [2.45, 2.75) is 64.3 Å². The molecular formula is C16H25N3. The number of aromatic nitrogens is 2. The number of rotatable bonds is 4. The minimum absolute atomic E-state index is 0.297. The van der Waals surface area contributed by atoms with E-state index in [9.17, 15) is 0 Å². The average molecular weight is 259 g/mol. The molecule has 0 aliphatic heterocycles. The predicted octanol–water partition coefficient (Wildman–Crippen LogP) is 2.63. The topological polar surface area (TPSA) is 37.8 Å². The maximum atomic E-state index is 4.85. The smallest absolute Gasteiger partial charge is 0.134 e. The summed E-state index contributed by atoms with van der Waals surface area (Å²) in [6, 6.07) is 0.579. The summed E-state index contributed by atoms with van der Waals surface area (Å²) in [4.78, 5) is 9.47. The standard InChI is InChI=1S/C16H25N3/c1-11(2)17-9-12-4-5-14-13(8-12)10-18-15(19-14)16(3)6-7-16/h10-12,17H,4-9H2,1-3H3. The van der Waals surface area contributed by atoms with Gasteiger partial charge < -0.3 is 5.32 Å². The first-order valence-corrected chi connectivity index (χ1v) is 7.65. The molecule has 1 aromatic heterocycles. The molecule has 0 saturated heterocycles. The van der Waals surface area contributed by atoms with Gasteiger partial charge in [-0.25, -0.2) is 9.97 Å². The molecule has 104 valence electrons. The fraction of sp³-hybridized carbons (Fsp3) is 0.750. The summed E-state index contributed by atoms with van der Waals surface area (Å²) in [7, 11) is 0. The van der Waals surface area contributed by atoms with Crippen molar-refractivity contribution in [3.8, 4) is 0 Å². The van der Waals surface area contributed by atoms with Gasteiger partial charge >= 0.3 is 0 Å². The van der Waals surface area contributed by atoms with Crippen LogP contribution in [-0.4, -0.2) is 22.6 Å². The SMILES string of the molecule is CC(C)NCC1CCc2nc(C3(C)CC3)ncc2C1. The van der Waals surface area contributed by atoms with Gasteiger partial charge in [-0.05, 0) is 50.1 Å². The van der Waals surface area contributed by atoms with Crippen molar-refractivity contribution in [1.29, 1.82) is 0 Å². The van der Waals surface area contributed by atoms with Crippen LogP contribution in [0, 0.1) is 5.92 Å². The lowest BCUT2D eigenvalue weighted by Crippen LogP contribution is -2.32. The first-order valence-electron chi connectivity index (χ1n) is 7.65. The van der Waals surface area contributed by atoms with Crippen molar-refractivity contribution in [3.05, 3.63) is 23.3 Å². The Kier molecular flexibility index (Phi) is 3.34. The zero-order valence-electron chi connectivity index (χ0n) is 12.4. The van der Waals surface area contributed by atoms with Crippen molar-refractivity contribution in [2.75, 3.05) is 6.54 Å². The number of hydrogen-bond acceptors (Lipinski definition) is 3. The van der Waals surface area contributed by atoms with Crippen LogP contribution < -0.4 is 5.32 Å². The van der Waals surface area contributed by atoms with Crippen LogP contribution in [0.5, 0.6) is 0 Å². The second-order valence-corrected chi connectivity index (χ2v) is 6.90. The number of hydrogen-bond donors (Lipinski definition) is 1. The van der Waals surface area contributed by atoms with Crippen molar-refractivity contribution in [3.63, 3.8) is 0 Å². The van der Waals surface area contributed by atoms with Gasteiger partial charge in [0.1, 0.15) is 5.82 Å².